The number of pyridine rings is 2. The largest absolute Gasteiger partial charge is 0.350 e. The van der Waals surface area contributed by atoms with Gasteiger partial charge < -0.3 is 15.2 Å². The molecule has 2 aliphatic rings. The number of H-pyrrole nitrogens is 1. The number of hydrogen-bond acceptors (Lipinski definition) is 4. The molecule has 1 aliphatic carbocycles. The van der Waals surface area contributed by atoms with Crippen molar-refractivity contribution in [3.63, 3.8) is 0 Å². The first-order valence-electron chi connectivity index (χ1n) is 9.72. The molecule has 0 aromatic carbocycles. The highest BCUT2D eigenvalue weighted by atomic mass is 79.9. The molecule has 4 rings (SSSR count). The van der Waals surface area contributed by atoms with Crippen LogP contribution < -0.4 is 10.9 Å². The van der Waals surface area contributed by atoms with Gasteiger partial charge in [0.15, 0.2) is 0 Å². The fourth-order valence-electron chi connectivity index (χ4n) is 4.20. The molecule has 29 heavy (non-hydrogen) atoms. The monoisotopic (exact) mass is 458 g/mol. The number of nitrogens with one attached hydrogen (secondary N) is 2. The number of likely N-dealkylation sites (tertiary alicyclic amines) is 1. The average molecular weight is 459 g/mol. The Morgan fingerprint density at radius 2 is 2.10 bits per heavy atom. The lowest BCUT2D eigenvalue weighted by atomic mass is 10.1. The lowest BCUT2D eigenvalue weighted by molar-refractivity contribution is -0.139. The van der Waals surface area contributed by atoms with Crippen molar-refractivity contribution >= 4 is 27.7 Å². The van der Waals surface area contributed by atoms with Crippen LogP contribution in [-0.2, 0) is 22.6 Å². The first-order chi connectivity index (χ1) is 13.8. The van der Waals surface area contributed by atoms with Gasteiger partial charge in [-0.1, -0.05) is 0 Å². The van der Waals surface area contributed by atoms with E-state index in [-0.39, 0.29) is 36.4 Å². The first kappa shape index (κ1) is 19.8. The van der Waals surface area contributed by atoms with Crippen LogP contribution in [0.3, 0.4) is 0 Å². The summed E-state index contributed by atoms with van der Waals surface area (Å²) in [6.45, 7) is 3.84. The van der Waals surface area contributed by atoms with E-state index >= 15 is 0 Å². The molecule has 1 aliphatic heterocycles. The van der Waals surface area contributed by atoms with Crippen molar-refractivity contribution in [2.24, 2.45) is 5.92 Å². The van der Waals surface area contributed by atoms with Gasteiger partial charge in [0.05, 0.1) is 6.42 Å². The van der Waals surface area contributed by atoms with E-state index < -0.39 is 6.04 Å². The van der Waals surface area contributed by atoms with E-state index in [1.54, 1.807) is 11.1 Å². The predicted octanol–water partition coefficient (Wildman–Crippen LogP) is 2.00. The van der Waals surface area contributed by atoms with Crippen LogP contribution in [0.5, 0.6) is 0 Å². The molecule has 0 unspecified atom stereocenters. The van der Waals surface area contributed by atoms with E-state index in [0.717, 1.165) is 22.2 Å². The predicted molar refractivity (Wildman–Crippen MR) is 111 cm³/mol. The topological polar surface area (TPSA) is 95.2 Å². The summed E-state index contributed by atoms with van der Waals surface area (Å²) in [5, 5.41) is 2.86. The Bertz CT molecular complexity index is 1020. The SMILES string of the molecule is Cc1cc(C)c(CNC(=O)[C@H]2C[C@@H]3C[C@@H]3N2C(=O)Cc2ccc(Br)cn2)c(=O)[nH]1. The highest BCUT2D eigenvalue weighted by Gasteiger charge is 2.55. The van der Waals surface area contributed by atoms with Gasteiger partial charge in [-0.05, 0) is 72.3 Å². The number of aromatic amines is 1. The Labute approximate surface area is 177 Å². The molecule has 2 N–H and O–H groups in total. The molecule has 3 heterocycles. The summed E-state index contributed by atoms with van der Waals surface area (Å²) >= 11 is 3.34. The Kier molecular flexibility index (Phi) is 5.29. The van der Waals surface area contributed by atoms with Gasteiger partial charge in [-0.2, -0.15) is 0 Å². The Morgan fingerprint density at radius 3 is 2.79 bits per heavy atom. The van der Waals surface area contributed by atoms with Crippen LogP contribution in [-0.4, -0.2) is 38.8 Å². The lowest BCUT2D eigenvalue weighted by Crippen LogP contribution is -2.48. The standard InChI is InChI=1S/C21H23BrN4O3/c1-11-5-12(2)25-20(28)16(11)10-24-21(29)18-7-13-6-17(13)26(18)19(27)8-15-4-3-14(22)9-23-15/h3-5,9,13,17-18H,6-8,10H2,1-2H3,(H,24,29)(H,25,28)/t13-,17-,18+/m0/s1. The van der Waals surface area contributed by atoms with Crippen molar-refractivity contribution in [1.82, 2.24) is 20.2 Å². The van der Waals surface area contributed by atoms with Gasteiger partial charge in [-0.15, -0.1) is 0 Å². The summed E-state index contributed by atoms with van der Waals surface area (Å²) in [5.41, 5.74) is 2.67. The Hall–Kier alpha value is -2.48. The summed E-state index contributed by atoms with van der Waals surface area (Å²) in [6, 6.07) is 5.22. The molecule has 0 radical (unpaired) electrons. The molecule has 1 saturated heterocycles. The number of piperidine rings is 1. The number of rotatable bonds is 5. The van der Waals surface area contributed by atoms with Gasteiger partial charge in [0.2, 0.25) is 11.8 Å². The van der Waals surface area contributed by atoms with Gasteiger partial charge in [0.1, 0.15) is 6.04 Å². The van der Waals surface area contributed by atoms with Crippen LogP contribution in [0, 0.1) is 19.8 Å². The molecule has 152 valence electrons. The molecule has 8 heteroatoms. The maximum Gasteiger partial charge on any atom is 0.253 e. The van der Waals surface area contributed by atoms with Crippen molar-refractivity contribution < 1.29 is 9.59 Å². The molecular weight excluding hydrogens is 436 g/mol. The summed E-state index contributed by atoms with van der Waals surface area (Å²) < 4.78 is 0.857. The van der Waals surface area contributed by atoms with E-state index in [4.69, 9.17) is 0 Å². The van der Waals surface area contributed by atoms with Crippen molar-refractivity contribution in [1.29, 1.82) is 0 Å². The molecule has 1 saturated carbocycles. The molecule has 0 bridgehead atoms. The molecule has 2 aromatic heterocycles. The molecular formula is C21H23BrN4O3. The van der Waals surface area contributed by atoms with E-state index in [0.29, 0.717) is 23.6 Å². The van der Waals surface area contributed by atoms with Crippen molar-refractivity contribution in [3.05, 3.63) is 61.7 Å². The number of aryl methyl sites for hydroxylation is 2. The van der Waals surface area contributed by atoms with Gasteiger partial charge in [-0.3, -0.25) is 19.4 Å². The molecule has 3 atom stereocenters. The van der Waals surface area contributed by atoms with E-state index in [1.165, 1.54) is 0 Å². The van der Waals surface area contributed by atoms with Gasteiger partial charge in [0.25, 0.3) is 5.56 Å². The van der Waals surface area contributed by atoms with E-state index in [9.17, 15) is 14.4 Å². The number of hydrogen-bond donors (Lipinski definition) is 2. The second-order valence-corrected chi connectivity index (χ2v) is 8.84. The van der Waals surface area contributed by atoms with Crippen LogP contribution in [0.15, 0.2) is 33.7 Å². The number of carbonyl (C=O) groups excluding carboxylic acids is 2. The second-order valence-electron chi connectivity index (χ2n) is 7.92. The fourth-order valence-corrected chi connectivity index (χ4v) is 4.44. The highest BCUT2D eigenvalue weighted by molar-refractivity contribution is 9.10. The summed E-state index contributed by atoms with van der Waals surface area (Å²) in [5.74, 6) is 0.125. The first-order valence-corrected chi connectivity index (χ1v) is 10.5. The highest BCUT2D eigenvalue weighted by Crippen LogP contribution is 2.48. The zero-order valence-corrected chi connectivity index (χ0v) is 18.0. The van der Waals surface area contributed by atoms with Crippen LogP contribution in [0.25, 0.3) is 0 Å². The third-order valence-electron chi connectivity index (χ3n) is 5.75. The zero-order valence-electron chi connectivity index (χ0n) is 16.4. The minimum atomic E-state index is -0.480. The Balaban J connectivity index is 1.43. The van der Waals surface area contributed by atoms with Crippen LogP contribution >= 0.6 is 15.9 Å². The van der Waals surface area contributed by atoms with Crippen molar-refractivity contribution in [2.45, 2.75) is 51.7 Å². The van der Waals surface area contributed by atoms with Gasteiger partial charge >= 0.3 is 0 Å². The van der Waals surface area contributed by atoms with Crippen LogP contribution in [0.2, 0.25) is 0 Å². The summed E-state index contributed by atoms with van der Waals surface area (Å²) in [4.78, 5) is 46.7. The lowest BCUT2D eigenvalue weighted by Gasteiger charge is -2.27. The number of amides is 2. The van der Waals surface area contributed by atoms with Gasteiger partial charge in [0, 0.05) is 40.2 Å². The van der Waals surface area contributed by atoms with Gasteiger partial charge in [-0.25, -0.2) is 0 Å². The summed E-state index contributed by atoms with van der Waals surface area (Å²) in [6.07, 6.45) is 3.48. The van der Waals surface area contributed by atoms with Crippen LogP contribution in [0.4, 0.5) is 0 Å². The van der Waals surface area contributed by atoms with Crippen molar-refractivity contribution in [3.8, 4) is 0 Å². The number of aromatic nitrogens is 2. The normalized spacial score (nSPS) is 22.3. The maximum atomic E-state index is 12.9. The average Bonchev–Trinajstić information content (AvgIpc) is 3.32. The zero-order chi connectivity index (χ0) is 20.7. The number of carbonyl (C=O) groups is 2. The van der Waals surface area contributed by atoms with E-state index in [2.05, 4.69) is 31.2 Å². The third-order valence-corrected chi connectivity index (χ3v) is 6.22. The quantitative estimate of drug-likeness (QED) is 0.715. The number of halogens is 1. The smallest absolute Gasteiger partial charge is 0.253 e. The van der Waals surface area contributed by atoms with Crippen LogP contribution in [0.1, 0.15) is 35.4 Å². The minimum absolute atomic E-state index is 0.0747. The number of fused-ring (bicyclic) bond motifs is 1. The molecule has 0 spiro atoms. The molecule has 7 nitrogen and oxygen atoms in total. The fraction of sp³-hybridized carbons (Fsp3) is 0.429. The van der Waals surface area contributed by atoms with E-state index in [1.807, 2.05) is 32.0 Å². The molecule has 2 amide bonds. The number of nitrogens with zero attached hydrogens (tertiary/aromatic N) is 2. The Morgan fingerprint density at radius 1 is 1.31 bits per heavy atom. The second kappa shape index (κ2) is 7.74. The molecule has 2 fully saturated rings. The molecule has 2 aromatic rings. The minimum Gasteiger partial charge on any atom is -0.350 e. The third kappa shape index (κ3) is 4.12. The maximum absolute atomic E-state index is 12.9. The van der Waals surface area contributed by atoms with Crippen molar-refractivity contribution in [2.75, 3.05) is 0 Å². The summed E-state index contributed by atoms with van der Waals surface area (Å²) in [7, 11) is 0.